The highest BCUT2D eigenvalue weighted by molar-refractivity contribution is 5.71. The highest BCUT2D eigenvalue weighted by atomic mass is 16.6. The van der Waals surface area contributed by atoms with E-state index in [9.17, 15) is 14.4 Å². The topological polar surface area (TPSA) is 78.9 Å². The highest BCUT2D eigenvalue weighted by Crippen LogP contribution is 2.15. The monoisotopic (exact) mass is 1020 g/mol. The van der Waals surface area contributed by atoms with E-state index in [0.717, 1.165) is 135 Å². The molecule has 0 radical (unpaired) electrons. The summed E-state index contributed by atoms with van der Waals surface area (Å²) in [5.74, 6) is -0.931. The minimum atomic E-state index is -0.796. The Balaban J connectivity index is 4.32. The molecule has 6 nitrogen and oxygen atoms in total. The first-order valence-corrected chi connectivity index (χ1v) is 30.5. The molecule has 0 aliphatic rings. The Morgan fingerprint density at radius 2 is 0.527 bits per heavy atom. The van der Waals surface area contributed by atoms with E-state index >= 15 is 0 Å². The third-order valence-corrected chi connectivity index (χ3v) is 12.7. The van der Waals surface area contributed by atoms with Crippen LogP contribution in [0.3, 0.4) is 0 Å². The van der Waals surface area contributed by atoms with Crippen LogP contribution in [0.15, 0.2) is 122 Å². The van der Waals surface area contributed by atoms with Crippen LogP contribution in [0.2, 0.25) is 0 Å². The van der Waals surface area contributed by atoms with Crippen molar-refractivity contribution in [1.29, 1.82) is 0 Å². The van der Waals surface area contributed by atoms with Gasteiger partial charge in [0.1, 0.15) is 13.2 Å². The van der Waals surface area contributed by atoms with Gasteiger partial charge in [-0.05, 0) is 109 Å². The number of ether oxygens (including phenoxy) is 3. The molecule has 0 rings (SSSR count). The second-order valence-corrected chi connectivity index (χ2v) is 19.9. The van der Waals surface area contributed by atoms with Crippen molar-refractivity contribution >= 4 is 17.9 Å². The standard InChI is InChI=1S/C68H112O6/c1-4-7-10-13-16-19-22-25-27-28-29-30-31-32-33-34-35-36-37-38-39-40-41-44-46-49-52-55-58-61-67(70)73-64-65(63-72-66(69)60-57-54-51-48-45-42-24-21-18-15-12-9-6-3)74-68(71)62-59-56-53-50-47-43-26-23-20-17-14-11-8-5-2/h7,9-10,12,16,18-19,21,25,27,29-30,32-33,35-36,38-39,42,45,65H,4-6,8,11,13-15,17,20,22-24,26,28,31,34,37,40-41,43-44,46-64H2,1-3H3/b10-7-,12-9-,19-16-,21-18-,27-25-,30-29-,33-32-,36-35-,39-38-,45-42-. The van der Waals surface area contributed by atoms with Gasteiger partial charge in [0.05, 0.1) is 0 Å². The summed E-state index contributed by atoms with van der Waals surface area (Å²) in [5, 5.41) is 0. The number of carbonyl (C=O) groups is 3. The molecule has 0 saturated carbocycles. The Morgan fingerprint density at radius 3 is 0.838 bits per heavy atom. The zero-order chi connectivity index (χ0) is 53.6. The Hall–Kier alpha value is -4.19. The number of allylic oxidation sites excluding steroid dienone is 20. The Morgan fingerprint density at radius 1 is 0.284 bits per heavy atom. The highest BCUT2D eigenvalue weighted by Gasteiger charge is 2.19. The molecule has 0 aliphatic carbocycles. The van der Waals surface area contributed by atoms with Crippen LogP contribution in [0.25, 0.3) is 0 Å². The normalized spacial score (nSPS) is 13.0. The van der Waals surface area contributed by atoms with Crippen molar-refractivity contribution < 1.29 is 28.6 Å². The van der Waals surface area contributed by atoms with Gasteiger partial charge in [0.25, 0.3) is 0 Å². The van der Waals surface area contributed by atoms with E-state index in [0.29, 0.717) is 19.3 Å². The number of rotatable bonds is 54. The van der Waals surface area contributed by atoms with E-state index in [1.807, 2.05) is 0 Å². The predicted octanol–water partition coefficient (Wildman–Crippen LogP) is 20.8. The summed E-state index contributed by atoms with van der Waals surface area (Å²) in [6, 6.07) is 0. The maximum Gasteiger partial charge on any atom is 0.306 e. The van der Waals surface area contributed by atoms with Crippen LogP contribution in [0.4, 0.5) is 0 Å². The second-order valence-electron chi connectivity index (χ2n) is 19.9. The van der Waals surface area contributed by atoms with Crippen LogP contribution in [-0.4, -0.2) is 37.2 Å². The fourth-order valence-electron chi connectivity index (χ4n) is 8.20. The Labute approximate surface area is 456 Å². The Kier molecular flexibility index (Phi) is 57.9. The molecule has 0 bridgehead atoms. The first-order valence-electron chi connectivity index (χ1n) is 30.5. The van der Waals surface area contributed by atoms with Crippen molar-refractivity contribution in [3.05, 3.63) is 122 Å². The molecule has 0 aliphatic heterocycles. The van der Waals surface area contributed by atoms with Gasteiger partial charge in [-0.25, -0.2) is 0 Å². The summed E-state index contributed by atoms with van der Waals surface area (Å²) in [7, 11) is 0. The summed E-state index contributed by atoms with van der Waals surface area (Å²) in [5.41, 5.74) is 0. The van der Waals surface area contributed by atoms with Crippen LogP contribution >= 0.6 is 0 Å². The molecule has 1 atom stereocenters. The van der Waals surface area contributed by atoms with Gasteiger partial charge in [-0.1, -0.05) is 264 Å². The van der Waals surface area contributed by atoms with Crippen LogP contribution in [-0.2, 0) is 28.6 Å². The van der Waals surface area contributed by atoms with Crippen molar-refractivity contribution in [1.82, 2.24) is 0 Å². The van der Waals surface area contributed by atoms with Crippen LogP contribution < -0.4 is 0 Å². The van der Waals surface area contributed by atoms with Gasteiger partial charge in [-0.15, -0.1) is 0 Å². The fourth-order valence-corrected chi connectivity index (χ4v) is 8.20. The first-order chi connectivity index (χ1) is 36.5. The van der Waals surface area contributed by atoms with Crippen molar-refractivity contribution in [3.8, 4) is 0 Å². The number of hydrogen-bond donors (Lipinski definition) is 0. The maximum atomic E-state index is 12.9. The third-order valence-electron chi connectivity index (χ3n) is 12.7. The molecule has 420 valence electrons. The van der Waals surface area contributed by atoms with E-state index in [4.69, 9.17) is 14.2 Å². The van der Waals surface area contributed by atoms with Gasteiger partial charge in [-0.3, -0.25) is 14.4 Å². The molecule has 0 fully saturated rings. The number of unbranched alkanes of at least 4 members (excludes halogenated alkanes) is 23. The van der Waals surface area contributed by atoms with E-state index in [1.54, 1.807) is 0 Å². The number of hydrogen-bond acceptors (Lipinski definition) is 6. The molecule has 0 aromatic rings. The minimum absolute atomic E-state index is 0.0939. The zero-order valence-electron chi connectivity index (χ0n) is 48.1. The largest absolute Gasteiger partial charge is 0.462 e. The van der Waals surface area contributed by atoms with Crippen LogP contribution in [0.5, 0.6) is 0 Å². The van der Waals surface area contributed by atoms with Crippen molar-refractivity contribution in [2.24, 2.45) is 0 Å². The van der Waals surface area contributed by atoms with Gasteiger partial charge in [0.2, 0.25) is 0 Å². The average Bonchev–Trinajstić information content (AvgIpc) is 3.40. The molecule has 0 saturated heterocycles. The predicted molar refractivity (Wildman–Crippen MR) is 320 cm³/mol. The smallest absolute Gasteiger partial charge is 0.306 e. The first kappa shape index (κ1) is 69.8. The minimum Gasteiger partial charge on any atom is -0.462 e. The third kappa shape index (κ3) is 58.7. The molecule has 6 heteroatoms. The van der Waals surface area contributed by atoms with E-state index in [1.165, 1.54) is 96.3 Å². The molecular formula is C68H112O6. The molecular weight excluding hydrogens is 913 g/mol. The van der Waals surface area contributed by atoms with E-state index in [-0.39, 0.29) is 31.1 Å². The van der Waals surface area contributed by atoms with Crippen molar-refractivity contribution in [3.63, 3.8) is 0 Å². The zero-order valence-corrected chi connectivity index (χ0v) is 48.1. The molecule has 0 spiro atoms. The second kappa shape index (κ2) is 61.4. The number of carbonyl (C=O) groups excluding carboxylic acids is 3. The SMILES string of the molecule is CC/C=C\C/C=C\C/C=C\C/C=C\C/C=C\C/C=C\C/C=C\CCCCCCCCCC(=O)OCC(COC(=O)CCCCC/C=C\C/C=C\C/C=C\CC)OC(=O)CCCCCCCCCCCCCCCC. The lowest BCUT2D eigenvalue weighted by Gasteiger charge is -2.18. The van der Waals surface area contributed by atoms with Gasteiger partial charge < -0.3 is 14.2 Å². The molecule has 1 unspecified atom stereocenters. The summed E-state index contributed by atoms with van der Waals surface area (Å²) in [6.45, 7) is 6.38. The van der Waals surface area contributed by atoms with Crippen molar-refractivity contribution in [2.45, 2.75) is 277 Å². The lowest BCUT2D eigenvalue weighted by molar-refractivity contribution is -0.167. The van der Waals surface area contributed by atoms with Gasteiger partial charge in [0, 0.05) is 19.3 Å². The summed E-state index contributed by atoms with van der Waals surface area (Å²) >= 11 is 0. The number of esters is 3. The van der Waals surface area contributed by atoms with Crippen molar-refractivity contribution in [2.75, 3.05) is 13.2 Å². The molecule has 74 heavy (non-hydrogen) atoms. The summed E-state index contributed by atoms with van der Waals surface area (Å²) < 4.78 is 16.8. The molecule has 0 aromatic carbocycles. The van der Waals surface area contributed by atoms with E-state index < -0.39 is 6.10 Å². The summed E-state index contributed by atoms with van der Waals surface area (Å²) in [4.78, 5) is 38.2. The Bertz CT molecular complexity index is 1550. The lowest BCUT2D eigenvalue weighted by atomic mass is 10.0. The maximum absolute atomic E-state index is 12.9. The van der Waals surface area contributed by atoms with Crippen LogP contribution in [0, 0.1) is 0 Å². The summed E-state index contributed by atoms with van der Waals surface area (Å²) in [6.07, 6.45) is 84.9. The van der Waals surface area contributed by atoms with Gasteiger partial charge >= 0.3 is 17.9 Å². The molecule has 0 heterocycles. The van der Waals surface area contributed by atoms with Gasteiger partial charge in [0.15, 0.2) is 6.10 Å². The molecule has 0 aromatic heterocycles. The van der Waals surface area contributed by atoms with E-state index in [2.05, 4.69) is 142 Å². The quantitative estimate of drug-likeness (QED) is 0.0261. The lowest BCUT2D eigenvalue weighted by Crippen LogP contribution is -2.30. The average molecular weight is 1030 g/mol. The molecule has 0 amide bonds. The molecule has 0 N–H and O–H groups in total. The van der Waals surface area contributed by atoms with Gasteiger partial charge in [-0.2, -0.15) is 0 Å². The van der Waals surface area contributed by atoms with Crippen LogP contribution in [0.1, 0.15) is 271 Å². The fraction of sp³-hybridized carbons (Fsp3) is 0.662.